The molecule has 216 valence electrons. The lowest BCUT2D eigenvalue weighted by molar-refractivity contribution is 1.10. The summed E-state index contributed by atoms with van der Waals surface area (Å²) in [6.45, 7) is 0. The molecule has 0 spiro atoms. The molecule has 3 aromatic heterocycles. The molecule has 1 aliphatic rings. The molecular weight excluding hydrogens is 581 g/mol. The van der Waals surface area contributed by atoms with Crippen molar-refractivity contribution >= 4 is 39.2 Å². The molecule has 0 bridgehead atoms. The molecule has 0 aliphatic heterocycles. The second-order valence-corrected chi connectivity index (χ2v) is 12.6. The number of hydrogen-bond donors (Lipinski definition) is 0. The lowest BCUT2D eigenvalue weighted by atomic mass is 9.81. The Kier molecular flexibility index (Phi) is 5.47. The fraction of sp³-hybridized carbons (Fsp3) is 0.0244. The van der Waals surface area contributed by atoms with Crippen molar-refractivity contribution in [2.24, 2.45) is 0 Å². The minimum atomic E-state index is 0.759. The zero-order valence-corrected chi connectivity index (χ0v) is 25.6. The zero-order chi connectivity index (χ0) is 30.2. The Morgan fingerprint density at radius 1 is 0.522 bits per heavy atom. The highest BCUT2D eigenvalue weighted by atomic mass is 32.1. The highest BCUT2D eigenvalue weighted by Gasteiger charge is 2.24. The summed E-state index contributed by atoms with van der Waals surface area (Å²) in [6.07, 6.45) is 0.759. The van der Waals surface area contributed by atoms with E-state index in [0.29, 0.717) is 0 Å². The summed E-state index contributed by atoms with van der Waals surface area (Å²) in [5, 5.41) is 2.12. The lowest BCUT2D eigenvalue weighted by Gasteiger charge is -2.23. The number of benzene rings is 6. The van der Waals surface area contributed by atoms with Gasteiger partial charge in [0.15, 0.2) is 0 Å². The molecule has 6 aromatic carbocycles. The molecule has 0 fully saturated rings. The van der Waals surface area contributed by atoms with Crippen molar-refractivity contribution in [1.29, 1.82) is 0 Å². The van der Waals surface area contributed by atoms with Crippen molar-refractivity contribution in [1.82, 2.24) is 18.9 Å². The van der Waals surface area contributed by atoms with Gasteiger partial charge in [-0.15, -0.1) is 11.3 Å². The molecular formula is C41H26N4S. The molecule has 0 amide bonds. The molecule has 3 heterocycles. The van der Waals surface area contributed by atoms with Crippen molar-refractivity contribution in [3.63, 3.8) is 0 Å². The molecule has 4 nitrogen and oxygen atoms in total. The summed E-state index contributed by atoms with van der Waals surface area (Å²) in [6, 6.07) is 48.5. The maximum Gasteiger partial charge on any atom is 0.220 e. The molecule has 0 atom stereocenters. The van der Waals surface area contributed by atoms with Crippen LogP contribution < -0.4 is 0 Å². The van der Waals surface area contributed by atoms with Crippen molar-refractivity contribution in [2.45, 2.75) is 6.42 Å². The van der Waals surface area contributed by atoms with Crippen molar-refractivity contribution in [3.8, 4) is 50.2 Å². The summed E-state index contributed by atoms with van der Waals surface area (Å²) in [4.78, 5) is 9.92. The Labute approximate surface area is 269 Å². The number of hydrogen-bond acceptors (Lipinski definition) is 3. The number of nitrogens with zero attached hydrogens (tertiary/aromatic N) is 4. The van der Waals surface area contributed by atoms with E-state index in [9.17, 15) is 0 Å². The molecule has 0 radical (unpaired) electrons. The van der Waals surface area contributed by atoms with Crippen LogP contribution in [0.5, 0.6) is 0 Å². The molecule has 0 saturated carbocycles. The Morgan fingerprint density at radius 2 is 1.09 bits per heavy atom. The predicted octanol–water partition coefficient (Wildman–Crippen LogP) is 10.5. The van der Waals surface area contributed by atoms with E-state index in [1.165, 1.54) is 50.1 Å². The molecule has 1 aliphatic carbocycles. The van der Waals surface area contributed by atoms with Gasteiger partial charge >= 0.3 is 0 Å². The average molecular weight is 607 g/mol. The number of thiazole rings is 1. The third-order valence-corrected chi connectivity index (χ3v) is 10.0. The highest BCUT2D eigenvalue weighted by molar-refractivity contribution is 7.07. The fourth-order valence-electron chi connectivity index (χ4n) is 7.39. The number of aromatic nitrogens is 4. The second-order valence-electron chi connectivity index (χ2n) is 11.9. The maximum atomic E-state index is 5.37. The standard InChI is InChI=1S/C41H26N4S/c1-2-12-30-29(11-1)31-13-3-4-15-33(31)35-21-20-28(23-36(35)34-16-6-5-14-32(30)34)44-37-17-7-8-18-38(37)45-39-19-9-10-26(40(39)43-41(44)45)22-27-24-46-25-42-27/h1-21,23-25H,22H2. The summed E-state index contributed by atoms with van der Waals surface area (Å²) in [5.41, 5.74) is 19.6. The van der Waals surface area contributed by atoms with Crippen LogP contribution in [0.4, 0.5) is 0 Å². The Morgan fingerprint density at radius 3 is 1.72 bits per heavy atom. The smallest absolute Gasteiger partial charge is 0.220 e. The first-order valence-corrected chi connectivity index (χ1v) is 16.5. The third kappa shape index (κ3) is 3.66. The van der Waals surface area contributed by atoms with E-state index in [4.69, 9.17) is 4.98 Å². The van der Waals surface area contributed by atoms with Crippen molar-refractivity contribution < 1.29 is 0 Å². The summed E-state index contributed by atoms with van der Waals surface area (Å²) in [7, 11) is 0. The molecule has 0 saturated heterocycles. The van der Waals surface area contributed by atoms with E-state index < -0.39 is 0 Å². The summed E-state index contributed by atoms with van der Waals surface area (Å²) in [5.74, 6) is 0.909. The van der Waals surface area contributed by atoms with Crippen molar-refractivity contribution in [3.05, 3.63) is 156 Å². The predicted molar refractivity (Wildman–Crippen MR) is 190 cm³/mol. The maximum absolute atomic E-state index is 5.37. The first kappa shape index (κ1) is 25.5. The van der Waals surface area contributed by atoms with Gasteiger partial charge in [0.25, 0.3) is 0 Å². The first-order valence-electron chi connectivity index (χ1n) is 15.5. The highest BCUT2D eigenvalue weighted by Crippen LogP contribution is 2.48. The normalized spacial score (nSPS) is 12.0. The van der Waals surface area contributed by atoms with Gasteiger partial charge < -0.3 is 0 Å². The van der Waals surface area contributed by atoms with Crippen molar-refractivity contribution in [2.75, 3.05) is 0 Å². The Balaban J connectivity index is 1.27. The molecule has 10 rings (SSSR count). The number of imidazole rings is 2. The van der Waals surface area contributed by atoms with E-state index in [2.05, 4.69) is 153 Å². The van der Waals surface area contributed by atoms with Gasteiger partial charge in [-0.2, -0.15) is 0 Å². The minimum absolute atomic E-state index is 0.759. The van der Waals surface area contributed by atoms with Crippen LogP contribution in [0.2, 0.25) is 0 Å². The second kappa shape index (κ2) is 9.86. The van der Waals surface area contributed by atoms with Gasteiger partial charge in [0, 0.05) is 17.5 Å². The quantitative estimate of drug-likeness (QED) is 0.201. The molecule has 0 unspecified atom stereocenters. The number of rotatable bonds is 3. The van der Waals surface area contributed by atoms with E-state index in [1.54, 1.807) is 11.3 Å². The summed E-state index contributed by atoms with van der Waals surface area (Å²) >= 11 is 1.63. The van der Waals surface area contributed by atoms with Gasteiger partial charge in [0.2, 0.25) is 5.78 Å². The van der Waals surface area contributed by atoms with Crippen LogP contribution in [0.1, 0.15) is 11.3 Å². The van der Waals surface area contributed by atoms with Crippen LogP contribution >= 0.6 is 11.3 Å². The van der Waals surface area contributed by atoms with E-state index in [1.807, 2.05) is 5.51 Å². The zero-order valence-electron chi connectivity index (χ0n) is 24.8. The van der Waals surface area contributed by atoms with Gasteiger partial charge in [-0.3, -0.25) is 8.97 Å². The van der Waals surface area contributed by atoms with Gasteiger partial charge in [-0.25, -0.2) is 9.97 Å². The van der Waals surface area contributed by atoms with Crippen LogP contribution in [-0.4, -0.2) is 18.9 Å². The summed E-state index contributed by atoms with van der Waals surface area (Å²) < 4.78 is 4.63. The SMILES string of the molecule is c1ccc2c(c1)-c1ccccc1-c1ccc(-n3c4ccccc4n4c5cccc(Cc6cscn6)c5nc34)cc1-c1ccccc1-2. The molecule has 46 heavy (non-hydrogen) atoms. The fourth-order valence-corrected chi connectivity index (χ4v) is 7.95. The molecule has 9 aromatic rings. The monoisotopic (exact) mass is 606 g/mol. The van der Waals surface area contributed by atoms with E-state index >= 15 is 0 Å². The number of para-hydroxylation sites is 3. The molecule has 5 heteroatoms. The van der Waals surface area contributed by atoms with Gasteiger partial charge in [-0.05, 0) is 80.4 Å². The van der Waals surface area contributed by atoms with Crippen LogP contribution in [0.25, 0.3) is 78.0 Å². The number of fused-ring (bicyclic) bond motifs is 13. The Bertz CT molecular complexity index is 2620. The minimum Gasteiger partial charge on any atom is -0.278 e. The Hall–Kier alpha value is -5.78. The van der Waals surface area contributed by atoms with Crippen LogP contribution in [0.15, 0.2) is 144 Å². The van der Waals surface area contributed by atoms with Crippen LogP contribution in [-0.2, 0) is 6.42 Å². The van der Waals surface area contributed by atoms with Crippen LogP contribution in [0.3, 0.4) is 0 Å². The van der Waals surface area contributed by atoms with Gasteiger partial charge in [0.05, 0.1) is 33.3 Å². The van der Waals surface area contributed by atoms with E-state index in [0.717, 1.165) is 45.6 Å². The topological polar surface area (TPSA) is 35.1 Å². The largest absolute Gasteiger partial charge is 0.278 e. The third-order valence-electron chi connectivity index (χ3n) is 9.37. The molecule has 0 N–H and O–H groups in total. The average Bonchev–Trinajstić information content (AvgIpc) is 3.84. The van der Waals surface area contributed by atoms with Crippen LogP contribution in [0, 0.1) is 0 Å². The van der Waals surface area contributed by atoms with E-state index in [-0.39, 0.29) is 0 Å². The van der Waals surface area contributed by atoms with Gasteiger partial charge in [0.1, 0.15) is 0 Å². The van der Waals surface area contributed by atoms with Gasteiger partial charge in [-0.1, -0.05) is 103 Å². The first-order chi connectivity index (χ1) is 22.8. The lowest BCUT2D eigenvalue weighted by Crippen LogP contribution is -2.00.